The fraction of sp³-hybridized carbons (Fsp3) is 0.200. The molecule has 0 spiro atoms. The SMILES string of the molecule is Cc1ccc(-n2c(SCC(O)COc3ccc(C#N)cc3)nnc2-c2ccccn2)c(C)c1. The van der Waals surface area contributed by atoms with Crippen molar-refractivity contribution in [3.8, 4) is 29.0 Å². The van der Waals surface area contributed by atoms with Gasteiger partial charge in [-0.1, -0.05) is 35.5 Å². The van der Waals surface area contributed by atoms with Crippen LogP contribution in [0.1, 0.15) is 16.7 Å². The predicted octanol–water partition coefficient (Wildman–Crippen LogP) is 4.35. The van der Waals surface area contributed by atoms with Crippen molar-refractivity contribution in [2.45, 2.75) is 25.1 Å². The number of aromatic nitrogens is 4. The number of nitriles is 1. The van der Waals surface area contributed by atoms with Gasteiger partial charge < -0.3 is 9.84 Å². The molecule has 2 heterocycles. The summed E-state index contributed by atoms with van der Waals surface area (Å²) >= 11 is 1.41. The Kier molecular flexibility index (Phi) is 7.03. The Bertz CT molecular complexity index is 1270. The first-order chi connectivity index (χ1) is 16.0. The molecule has 166 valence electrons. The highest BCUT2D eigenvalue weighted by Gasteiger charge is 2.19. The van der Waals surface area contributed by atoms with Gasteiger partial charge in [-0.05, 0) is 61.9 Å². The zero-order chi connectivity index (χ0) is 23.2. The summed E-state index contributed by atoms with van der Waals surface area (Å²) in [7, 11) is 0. The molecule has 8 heteroatoms. The number of hydrogen-bond acceptors (Lipinski definition) is 7. The fourth-order valence-corrected chi connectivity index (χ4v) is 4.18. The lowest BCUT2D eigenvalue weighted by molar-refractivity contribution is 0.126. The topological polar surface area (TPSA) is 96.8 Å². The van der Waals surface area contributed by atoms with E-state index in [2.05, 4.69) is 53.3 Å². The summed E-state index contributed by atoms with van der Waals surface area (Å²) in [5.74, 6) is 1.63. The van der Waals surface area contributed by atoms with Gasteiger partial charge in [0, 0.05) is 11.9 Å². The molecule has 7 nitrogen and oxygen atoms in total. The molecule has 0 bridgehead atoms. The van der Waals surface area contributed by atoms with E-state index < -0.39 is 6.10 Å². The van der Waals surface area contributed by atoms with Crippen molar-refractivity contribution < 1.29 is 9.84 Å². The number of nitrogens with zero attached hydrogens (tertiary/aromatic N) is 5. The van der Waals surface area contributed by atoms with E-state index in [4.69, 9.17) is 10.00 Å². The van der Waals surface area contributed by atoms with Crippen LogP contribution in [-0.2, 0) is 0 Å². The number of rotatable bonds is 8. The molecule has 0 amide bonds. The number of pyridine rings is 1. The van der Waals surface area contributed by atoms with Crippen molar-refractivity contribution in [2.24, 2.45) is 0 Å². The molecule has 1 atom stereocenters. The Hall–Kier alpha value is -3.67. The highest BCUT2D eigenvalue weighted by molar-refractivity contribution is 7.99. The summed E-state index contributed by atoms with van der Waals surface area (Å²) in [6.07, 6.45) is 1.01. The monoisotopic (exact) mass is 457 g/mol. The van der Waals surface area contributed by atoms with E-state index in [9.17, 15) is 5.11 Å². The van der Waals surface area contributed by atoms with Crippen LogP contribution in [0.25, 0.3) is 17.2 Å². The molecule has 2 aromatic carbocycles. The molecule has 2 aromatic heterocycles. The average Bonchev–Trinajstić information content (AvgIpc) is 3.26. The van der Waals surface area contributed by atoms with Crippen molar-refractivity contribution in [1.82, 2.24) is 19.7 Å². The van der Waals surface area contributed by atoms with E-state index in [0.29, 0.717) is 28.0 Å². The van der Waals surface area contributed by atoms with Crippen molar-refractivity contribution in [2.75, 3.05) is 12.4 Å². The minimum atomic E-state index is -0.715. The summed E-state index contributed by atoms with van der Waals surface area (Å²) in [5, 5.41) is 28.8. The normalized spacial score (nSPS) is 11.7. The van der Waals surface area contributed by atoms with Crippen LogP contribution in [0.5, 0.6) is 5.75 Å². The van der Waals surface area contributed by atoms with E-state index in [0.717, 1.165) is 16.9 Å². The third-order valence-corrected chi connectivity index (χ3v) is 6.03. The molecule has 0 radical (unpaired) electrons. The van der Waals surface area contributed by atoms with Crippen molar-refractivity contribution in [1.29, 1.82) is 5.26 Å². The van der Waals surface area contributed by atoms with Crippen LogP contribution in [0.4, 0.5) is 0 Å². The molecule has 4 rings (SSSR count). The lowest BCUT2D eigenvalue weighted by atomic mass is 10.1. The van der Waals surface area contributed by atoms with Crippen molar-refractivity contribution >= 4 is 11.8 Å². The highest BCUT2D eigenvalue weighted by Crippen LogP contribution is 2.29. The maximum absolute atomic E-state index is 10.5. The van der Waals surface area contributed by atoms with Gasteiger partial charge in [0.2, 0.25) is 0 Å². The first-order valence-electron chi connectivity index (χ1n) is 10.4. The molecule has 0 fully saturated rings. The van der Waals surface area contributed by atoms with Gasteiger partial charge in [-0.25, -0.2) is 0 Å². The number of hydrogen-bond donors (Lipinski definition) is 1. The standard InChI is InChI=1S/C25H23N5O2S/c1-17-6-11-23(18(2)13-17)30-24(22-5-3-4-12-27-22)28-29-25(30)33-16-20(31)15-32-21-9-7-19(14-26)8-10-21/h3-13,20,31H,15-16H2,1-2H3. The molecular formula is C25H23N5O2S. The molecule has 0 saturated heterocycles. The number of aryl methyl sites for hydroxylation is 2. The molecule has 1 unspecified atom stereocenters. The summed E-state index contributed by atoms with van der Waals surface area (Å²) in [5.41, 5.74) is 4.53. The smallest absolute Gasteiger partial charge is 0.196 e. The Morgan fingerprint density at radius 2 is 1.91 bits per heavy atom. The van der Waals surface area contributed by atoms with E-state index >= 15 is 0 Å². The van der Waals surface area contributed by atoms with Crippen molar-refractivity contribution in [3.05, 3.63) is 83.6 Å². The summed E-state index contributed by atoms with van der Waals surface area (Å²) < 4.78 is 7.63. The van der Waals surface area contributed by atoms with Crippen LogP contribution in [0, 0.1) is 25.2 Å². The number of benzene rings is 2. The van der Waals surface area contributed by atoms with Gasteiger partial charge in [-0.2, -0.15) is 5.26 Å². The molecule has 0 aliphatic carbocycles. The van der Waals surface area contributed by atoms with Crippen LogP contribution < -0.4 is 4.74 Å². The molecule has 0 aliphatic rings. The van der Waals surface area contributed by atoms with Crippen LogP contribution in [0.3, 0.4) is 0 Å². The average molecular weight is 458 g/mol. The Morgan fingerprint density at radius 1 is 1.09 bits per heavy atom. The van der Waals surface area contributed by atoms with E-state index in [1.165, 1.54) is 17.3 Å². The number of aliphatic hydroxyl groups excluding tert-OH is 1. The maximum Gasteiger partial charge on any atom is 0.196 e. The minimum absolute atomic E-state index is 0.129. The molecule has 0 aliphatic heterocycles. The second-order valence-electron chi connectivity index (χ2n) is 7.56. The van der Waals surface area contributed by atoms with Gasteiger partial charge in [0.05, 0.1) is 23.4 Å². The number of thioether (sulfide) groups is 1. The quantitative estimate of drug-likeness (QED) is 0.393. The van der Waals surface area contributed by atoms with Crippen LogP contribution >= 0.6 is 11.8 Å². The first-order valence-corrected chi connectivity index (χ1v) is 11.4. The third-order valence-electron chi connectivity index (χ3n) is 4.95. The Morgan fingerprint density at radius 3 is 2.61 bits per heavy atom. The molecule has 1 N–H and O–H groups in total. The molecule has 0 saturated carbocycles. The third kappa shape index (κ3) is 5.40. The summed E-state index contributed by atoms with van der Waals surface area (Å²) in [6, 6.07) is 20.8. The van der Waals surface area contributed by atoms with Crippen LogP contribution in [0.2, 0.25) is 0 Å². The Labute approximate surface area is 196 Å². The van der Waals surface area contributed by atoms with E-state index in [1.807, 2.05) is 22.8 Å². The predicted molar refractivity (Wildman–Crippen MR) is 127 cm³/mol. The lowest BCUT2D eigenvalue weighted by Crippen LogP contribution is -2.20. The molecular weight excluding hydrogens is 434 g/mol. The van der Waals surface area contributed by atoms with E-state index in [1.54, 1.807) is 30.5 Å². The molecule has 33 heavy (non-hydrogen) atoms. The lowest BCUT2D eigenvalue weighted by Gasteiger charge is -2.15. The minimum Gasteiger partial charge on any atom is -0.491 e. The highest BCUT2D eigenvalue weighted by atomic mass is 32.2. The second kappa shape index (κ2) is 10.3. The van der Waals surface area contributed by atoms with Crippen LogP contribution in [-0.4, -0.2) is 43.3 Å². The number of aliphatic hydroxyl groups is 1. The van der Waals surface area contributed by atoms with Crippen molar-refractivity contribution in [3.63, 3.8) is 0 Å². The van der Waals surface area contributed by atoms with Gasteiger partial charge in [0.1, 0.15) is 18.1 Å². The first kappa shape index (κ1) is 22.5. The van der Waals surface area contributed by atoms with Gasteiger partial charge in [0.15, 0.2) is 11.0 Å². The largest absolute Gasteiger partial charge is 0.491 e. The number of ether oxygens (including phenoxy) is 1. The van der Waals surface area contributed by atoms with Crippen LogP contribution in [0.15, 0.2) is 72.0 Å². The van der Waals surface area contributed by atoms with E-state index in [-0.39, 0.29) is 6.61 Å². The summed E-state index contributed by atoms with van der Waals surface area (Å²) in [4.78, 5) is 4.44. The zero-order valence-electron chi connectivity index (χ0n) is 18.3. The molecule has 4 aromatic rings. The zero-order valence-corrected chi connectivity index (χ0v) is 19.2. The van der Waals surface area contributed by atoms with Gasteiger partial charge >= 0.3 is 0 Å². The van der Waals surface area contributed by atoms with Gasteiger partial charge in [-0.3, -0.25) is 9.55 Å². The summed E-state index contributed by atoms with van der Waals surface area (Å²) in [6.45, 7) is 4.24. The van der Waals surface area contributed by atoms with Gasteiger partial charge in [-0.15, -0.1) is 10.2 Å². The Balaban J connectivity index is 1.52. The van der Waals surface area contributed by atoms with Gasteiger partial charge in [0.25, 0.3) is 0 Å². The second-order valence-corrected chi connectivity index (χ2v) is 8.55. The maximum atomic E-state index is 10.5. The fourth-order valence-electron chi connectivity index (χ4n) is 3.33.